The maximum absolute atomic E-state index is 13.0. The lowest BCUT2D eigenvalue weighted by atomic mass is 10.3. The van der Waals surface area contributed by atoms with Crippen LogP contribution < -0.4 is 0 Å². The molecule has 0 fully saturated rings. The zero-order valence-corrected chi connectivity index (χ0v) is 13.3. The van der Waals surface area contributed by atoms with Gasteiger partial charge in [-0.3, -0.25) is 4.79 Å². The SMILES string of the molecule is Cc1nc(C(=O)O[C@H](C)C(=O)N(C)C)nn1-c1ccc(F)cc1. The second-order valence-electron chi connectivity index (χ2n) is 5.15. The minimum absolute atomic E-state index is 0.162. The van der Waals surface area contributed by atoms with Crippen molar-refractivity contribution in [3.63, 3.8) is 0 Å². The van der Waals surface area contributed by atoms with Gasteiger partial charge < -0.3 is 9.64 Å². The normalized spacial score (nSPS) is 11.9. The molecule has 0 radical (unpaired) electrons. The van der Waals surface area contributed by atoms with Crippen LogP contribution in [0, 0.1) is 12.7 Å². The lowest BCUT2D eigenvalue weighted by Gasteiger charge is -2.16. The Morgan fingerprint density at radius 1 is 1.26 bits per heavy atom. The average Bonchev–Trinajstić information content (AvgIpc) is 2.89. The summed E-state index contributed by atoms with van der Waals surface area (Å²) in [5, 5.41) is 4.05. The molecule has 1 amide bonds. The topological polar surface area (TPSA) is 77.3 Å². The zero-order valence-electron chi connectivity index (χ0n) is 13.3. The molecule has 8 heteroatoms. The number of carbonyl (C=O) groups is 2. The maximum atomic E-state index is 13.0. The molecule has 23 heavy (non-hydrogen) atoms. The molecule has 0 unspecified atom stereocenters. The number of rotatable bonds is 4. The maximum Gasteiger partial charge on any atom is 0.379 e. The summed E-state index contributed by atoms with van der Waals surface area (Å²) in [6.45, 7) is 3.13. The highest BCUT2D eigenvalue weighted by Gasteiger charge is 2.23. The van der Waals surface area contributed by atoms with E-state index in [4.69, 9.17) is 4.74 Å². The lowest BCUT2D eigenvalue weighted by molar-refractivity contribution is -0.137. The highest BCUT2D eigenvalue weighted by atomic mass is 19.1. The van der Waals surface area contributed by atoms with Crippen LogP contribution in [0.25, 0.3) is 5.69 Å². The first-order valence-corrected chi connectivity index (χ1v) is 6.91. The second kappa shape index (κ2) is 6.55. The molecule has 122 valence electrons. The molecule has 1 aromatic carbocycles. The highest BCUT2D eigenvalue weighted by Crippen LogP contribution is 2.11. The van der Waals surface area contributed by atoms with Crippen molar-refractivity contribution in [2.45, 2.75) is 20.0 Å². The molecule has 0 saturated heterocycles. The minimum Gasteiger partial charge on any atom is -0.447 e. The number of benzene rings is 1. The van der Waals surface area contributed by atoms with Crippen molar-refractivity contribution in [3.8, 4) is 5.69 Å². The fraction of sp³-hybridized carbons (Fsp3) is 0.333. The van der Waals surface area contributed by atoms with Crippen LogP contribution in [0.1, 0.15) is 23.4 Å². The summed E-state index contributed by atoms with van der Waals surface area (Å²) in [7, 11) is 3.14. The van der Waals surface area contributed by atoms with E-state index in [2.05, 4.69) is 10.1 Å². The summed E-state index contributed by atoms with van der Waals surface area (Å²) in [6.07, 6.45) is -0.935. The first-order chi connectivity index (χ1) is 10.8. The van der Waals surface area contributed by atoms with E-state index in [1.807, 2.05) is 0 Å². The molecule has 1 aromatic heterocycles. The van der Waals surface area contributed by atoms with Gasteiger partial charge in [-0.15, -0.1) is 5.10 Å². The first kappa shape index (κ1) is 16.6. The van der Waals surface area contributed by atoms with Gasteiger partial charge in [-0.2, -0.15) is 0 Å². The molecular formula is C15H17FN4O3. The van der Waals surface area contributed by atoms with Gasteiger partial charge in [0.05, 0.1) is 5.69 Å². The Bertz CT molecular complexity index is 725. The zero-order chi connectivity index (χ0) is 17.1. The van der Waals surface area contributed by atoms with Crippen LogP contribution in [-0.2, 0) is 9.53 Å². The summed E-state index contributed by atoms with van der Waals surface area (Å²) in [4.78, 5) is 29.1. The van der Waals surface area contributed by atoms with Crippen molar-refractivity contribution >= 4 is 11.9 Å². The molecule has 0 bridgehead atoms. The van der Waals surface area contributed by atoms with E-state index in [-0.39, 0.29) is 17.5 Å². The largest absolute Gasteiger partial charge is 0.447 e. The summed E-state index contributed by atoms with van der Waals surface area (Å²) >= 11 is 0. The van der Waals surface area contributed by atoms with Crippen LogP contribution in [0.2, 0.25) is 0 Å². The summed E-state index contributed by atoms with van der Waals surface area (Å²) in [5.41, 5.74) is 0.563. The Labute approximate surface area is 132 Å². The predicted octanol–water partition coefficient (Wildman–Crippen LogP) is 1.35. The van der Waals surface area contributed by atoms with E-state index < -0.39 is 12.1 Å². The molecule has 0 aliphatic heterocycles. The number of amides is 1. The Balaban J connectivity index is 2.18. The number of aromatic nitrogens is 3. The van der Waals surface area contributed by atoms with Gasteiger partial charge in [-0.05, 0) is 38.1 Å². The molecule has 7 nitrogen and oxygen atoms in total. The Morgan fingerprint density at radius 2 is 1.87 bits per heavy atom. The number of esters is 1. The van der Waals surface area contributed by atoms with Gasteiger partial charge in [0.2, 0.25) is 0 Å². The molecule has 0 aliphatic rings. The van der Waals surface area contributed by atoms with Gasteiger partial charge in [0, 0.05) is 14.1 Å². The first-order valence-electron chi connectivity index (χ1n) is 6.91. The third-order valence-corrected chi connectivity index (χ3v) is 3.10. The quantitative estimate of drug-likeness (QED) is 0.795. The third kappa shape index (κ3) is 3.71. The van der Waals surface area contributed by atoms with Gasteiger partial charge in [0.15, 0.2) is 6.10 Å². The predicted molar refractivity (Wildman–Crippen MR) is 79.6 cm³/mol. The minimum atomic E-state index is -0.935. The van der Waals surface area contributed by atoms with E-state index >= 15 is 0 Å². The lowest BCUT2D eigenvalue weighted by Crippen LogP contribution is -2.35. The molecule has 0 saturated carbocycles. The second-order valence-corrected chi connectivity index (χ2v) is 5.15. The fourth-order valence-electron chi connectivity index (χ4n) is 1.93. The van der Waals surface area contributed by atoms with E-state index in [9.17, 15) is 14.0 Å². The van der Waals surface area contributed by atoms with E-state index in [0.717, 1.165) is 0 Å². The van der Waals surface area contributed by atoms with E-state index in [1.54, 1.807) is 21.0 Å². The summed E-state index contributed by atoms with van der Waals surface area (Å²) in [6, 6.07) is 5.60. The molecular weight excluding hydrogens is 303 g/mol. The van der Waals surface area contributed by atoms with E-state index in [1.165, 1.54) is 40.8 Å². The van der Waals surface area contributed by atoms with Crippen LogP contribution in [-0.4, -0.2) is 51.7 Å². The Hall–Kier alpha value is -2.77. The van der Waals surface area contributed by atoms with Crippen molar-refractivity contribution in [2.75, 3.05) is 14.1 Å². The van der Waals surface area contributed by atoms with Crippen molar-refractivity contribution in [1.29, 1.82) is 0 Å². The average molecular weight is 320 g/mol. The monoisotopic (exact) mass is 320 g/mol. The van der Waals surface area contributed by atoms with Gasteiger partial charge >= 0.3 is 5.97 Å². The van der Waals surface area contributed by atoms with Crippen molar-refractivity contribution in [2.24, 2.45) is 0 Å². The van der Waals surface area contributed by atoms with Crippen LogP contribution in [0.15, 0.2) is 24.3 Å². The van der Waals surface area contributed by atoms with Gasteiger partial charge in [0.25, 0.3) is 11.7 Å². The number of likely N-dealkylation sites (N-methyl/N-ethyl adjacent to an activating group) is 1. The standard InChI is InChI=1S/C15H17FN4O3/c1-9(14(21)19(3)4)23-15(22)13-17-10(2)20(18-13)12-7-5-11(16)6-8-12/h5-9H,1-4H3/t9-/m1/s1. The van der Waals surface area contributed by atoms with Crippen molar-refractivity contribution < 1.29 is 18.7 Å². The van der Waals surface area contributed by atoms with Gasteiger partial charge in [0.1, 0.15) is 11.6 Å². The van der Waals surface area contributed by atoms with E-state index in [0.29, 0.717) is 11.5 Å². The summed E-state index contributed by atoms with van der Waals surface area (Å²) in [5.74, 6) is -1.23. The number of hydrogen-bond acceptors (Lipinski definition) is 5. The third-order valence-electron chi connectivity index (χ3n) is 3.10. The molecule has 2 aromatic rings. The number of ether oxygens (including phenoxy) is 1. The fourth-order valence-corrected chi connectivity index (χ4v) is 1.93. The Kier molecular flexibility index (Phi) is 4.73. The van der Waals surface area contributed by atoms with Crippen molar-refractivity contribution in [3.05, 3.63) is 41.7 Å². The number of carbonyl (C=O) groups excluding carboxylic acids is 2. The molecule has 1 heterocycles. The molecule has 1 atom stereocenters. The smallest absolute Gasteiger partial charge is 0.379 e. The molecule has 0 spiro atoms. The summed E-state index contributed by atoms with van der Waals surface area (Å²) < 4.78 is 19.4. The van der Waals surface area contributed by atoms with Crippen LogP contribution >= 0.6 is 0 Å². The van der Waals surface area contributed by atoms with Crippen LogP contribution in [0.3, 0.4) is 0 Å². The molecule has 2 rings (SSSR count). The van der Waals surface area contributed by atoms with Gasteiger partial charge in [-0.1, -0.05) is 0 Å². The number of nitrogens with zero attached hydrogens (tertiary/aromatic N) is 4. The van der Waals surface area contributed by atoms with Crippen LogP contribution in [0.4, 0.5) is 4.39 Å². The van der Waals surface area contributed by atoms with Gasteiger partial charge in [-0.25, -0.2) is 18.9 Å². The molecule has 0 aliphatic carbocycles. The number of aryl methyl sites for hydroxylation is 1. The van der Waals surface area contributed by atoms with Crippen LogP contribution in [0.5, 0.6) is 0 Å². The Morgan fingerprint density at radius 3 is 2.43 bits per heavy atom. The highest BCUT2D eigenvalue weighted by molar-refractivity contribution is 5.89. The number of hydrogen-bond donors (Lipinski definition) is 0. The van der Waals surface area contributed by atoms with Crippen molar-refractivity contribution in [1.82, 2.24) is 19.7 Å². The number of halogens is 1. The molecule has 0 N–H and O–H groups in total.